The molecule has 0 aromatic heterocycles. The monoisotopic (exact) mass is 291 g/mol. The fourth-order valence-electron chi connectivity index (χ4n) is 1.75. The minimum absolute atomic E-state index is 0.311. The Hall–Kier alpha value is -1.67. The van der Waals surface area contributed by atoms with E-state index in [0.29, 0.717) is 0 Å². The highest BCUT2D eigenvalue weighted by atomic mass is 16.7. The van der Waals surface area contributed by atoms with Crippen LogP contribution in [-0.2, 0) is 33.3 Å². The molecular weight excluding hydrogens is 272 g/mol. The first-order valence-corrected chi connectivity index (χ1v) is 5.96. The molecule has 20 heavy (non-hydrogen) atoms. The minimum atomic E-state index is -1.57. The normalized spacial score (nSPS) is 33.8. The Kier molecular flexibility index (Phi) is 5.31. The molecule has 1 heterocycles. The zero-order chi connectivity index (χ0) is 16.2. The lowest BCUT2D eigenvalue weighted by Crippen LogP contribution is -2.53. The standard InChI is InChI=1S/C12H18O8/c1-6(13)17-5-10-12(19-8(3)15)9(18-7(2)14)4-11(16)20-10/h9-12,16H,4-5H2,1-3H3/t9-,10-,11+,12+/m1/s1/i4D/t4-,9+,10+,11-,12-/m0. The fraction of sp³-hybridized carbons (Fsp3) is 0.750. The van der Waals surface area contributed by atoms with Crippen molar-refractivity contribution in [1.29, 1.82) is 0 Å². The van der Waals surface area contributed by atoms with Crippen molar-refractivity contribution in [2.75, 3.05) is 6.61 Å². The second-order valence-electron chi connectivity index (χ2n) is 4.21. The van der Waals surface area contributed by atoms with Gasteiger partial charge in [-0.3, -0.25) is 14.4 Å². The van der Waals surface area contributed by atoms with E-state index in [9.17, 15) is 19.5 Å². The van der Waals surface area contributed by atoms with E-state index in [0.717, 1.165) is 13.8 Å². The van der Waals surface area contributed by atoms with Gasteiger partial charge in [0.25, 0.3) is 0 Å². The molecule has 1 saturated heterocycles. The third kappa shape index (κ3) is 5.14. The molecule has 1 fully saturated rings. The summed E-state index contributed by atoms with van der Waals surface area (Å²) >= 11 is 0. The van der Waals surface area contributed by atoms with E-state index >= 15 is 0 Å². The predicted molar refractivity (Wildman–Crippen MR) is 63.2 cm³/mol. The molecule has 8 heteroatoms. The van der Waals surface area contributed by atoms with Crippen molar-refractivity contribution in [1.82, 2.24) is 0 Å². The third-order valence-corrected chi connectivity index (χ3v) is 2.41. The third-order valence-electron chi connectivity index (χ3n) is 2.41. The van der Waals surface area contributed by atoms with Gasteiger partial charge in [0.1, 0.15) is 18.8 Å². The van der Waals surface area contributed by atoms with Gasteiger partial charge in [0.15, 0.2) is 12.4 Å². The summed E-state index contributed by atoms with van der Waals surface area (Å²) in [5.74, 6) is -1.97. The van der Waals surface area contributed by atoms with Crippen LogP contribution in [0.1, 0.15) is 28.5 Å². The lowest BCUT2D eigenvalue weighted by Gasteiger charge is -2.38. The fourth-order valence-corrected chi connectivity index (χ4v) is 1.75. The van der Waals surface area contributed by atoms with E-state index in [1.54, 1.807) is 0 Å². The molecule has 114 valence electrons. The van der Waals surface area contributed by atoms with E-state index in [2.05, 4.69) is 0 Å². The van der Waals surface area contributed by atoms with Gasteiger partial charge in [0.2, 0.25) is 0 Å². The van der Waals surface area contributed by atoms with Gasteiger partial charge in [-0.05, 0) is 0 Å². The number of ether oxygens (including phenoxy) is 4. The number of carbonyl (C=O) groups is 3. The molecular formula is C12H18O8. The van der Waals surface area contributed by atoms with Crippen LogP contribution in [0.15, 0.2) is 0 Å². The molecule has 5 atom stereocenters. The molecule has 1 N–H and O–H groups in total. The van der Waals surface area contributed by atoms with E-state index in [4.69, 9.17) is 20.3 Å². The maximum atomic E-state index is 11.2. The molecule has 0 amide bonds. The zero-order valence-corrected chi connectivity index (χ0v) is 11.4. The highest BCUT2D eigenvalue weighted by Gasteiger charge is 2.43. The number of hydrogen-bond donors (Lipinski definition) is 1. The summed E-state index contributed by atoms with van der Waals surface area (Å²) in [5.41, 5.74) is 0. The summed E-state index contributed by atoms with van der Waals surface area (Å²) in [6.45, 7) is 3.13. The summed E-state index contributed by atoms with van der Waals surface area (Å²) in [6, 6.07) is 0. The van der Waals surface area contributed by atoms with Crippen LogP contribution in [-0.4, -0.2) is 54.2 Å². The van der Waals surface area contributed by atoms with Crippen molar-refractivity contribution in [3.05, 3.63) is 0 Å². The average molecular weight is 291 g/mol. The lowest BCUT2D eigenvalue weighted by atomic mass is 10.0. The van der Waals surface area contributed by atoms with Crippen LogP contribution in [0.5, 0.6) is 0 Å². The largest absolute Gasteiger partial charge is 0.463 e. The number of rotatable bonds is 4. The van der Waals surface area contributed by atoms with Crippen LogP contribution >= 0.6 is 0 Å². The SMILES string of the molecule is [2H][C@H]1[C@@H](OC(C)=O)[C@H](OC(C)=O)[C@@H](COC(C)=O)O[C@@H]1O. The molecule has 0 saturated carbocycles. The minimum Gasteiger partial charge on any atom is -0.463 e. The lowest BCUT2D eigenvalue weighted by molar-refractivity contribution is -0.252. The second kappa shape index (κ2) is 7.20. The van der Waals surface area contributed by atoms with Gasteiger partial charge < -0.3 is 24.1 Å². The van der Waals surface area contributed by atoms with Gasteiger partial charge in [0.05, 0.1) is 0 Å². The maximum absolute atomic E-state index is 11.2. The molecule has 0 spiro atoms. The van der Waals surface area contributed by atoms with Crippen molar-refractivity contribution < 1.29 is 39.8 Å². The summed E-state index contributed by atoms with van der Waals surface area (Å²) < 4.78 is 27.6. The van der Waals surface area contributed by atoms with Crippen LogP contribution in [0.25, 0.3) is 0 Å². The highest BCUT2D eigenvalue weighted by molar-refractivity contribution is 5.67. The number of aliphatic hydroxyl groups excluding tert-OH is 1. The molecule has 0 bridgehead atoms. The van der Waals surface area contributed by atoms with Gasteiger partial charge in [-0.15, -0.1) is 0 Å². The number of aliphatic hydroxyl groups is 1. The molecule has 0 unspecified atom stereocenters. The van der Waals surface area contributed by atoms with Gasteiger partial charge in [-0.2, -0.15) is 0 Å². The topological polar surface area (TPSA) is 108 Å². The van der Waals surface area contributed by atoms with Crippen LogP contribution in [0.4, 0.5) is 0 Å². The van der Waals surface area contributed by atoms with Crippen molar-refractivity contribution in [2.45, 2.75) is 51.8 Å². The molecule has 0 aliphatic carbocycles. The smallest absolute Gasteiger partial charge is 0.303 e. The molecule has 1 aliphatic heterocycles. The summed E-state index contributed by atoms with van der Waals surface area (Å²) in [4.78, 5) is 33.1. The summed E-state index contributed by atoms with van der Waals surface area (Å²) in [7, 11) is 0. The van der Waals surface area contributed by atoms with E-state index in [1.807, 2.05) is 0 Å². The zero-order valence-electron chi connectivity index (χ0n) is 12.4. The number of esters is 3. The Morgan fingerprint density at radius 2 is 1.80 bits per heavy atom. The van der Waals surface area contributed by atoms with Crippen molar-refractivity contribution >= 4 is 17.9 Å². The van der Waals surface area contributed by atoms with Crippen LogP contribution < -0.4 is 0 Å². The molecule has 0 aromatic rings. The van der Waals surface area contributed by atoms with Crippen LogP contribution in [0.3, 0.4) is 0 Å². The first kappa shape index (κ1) is 14.7. The maximum Gasteiger partial charge on any atom is 0.303 e. The molecule has 0 aromatic carbocycles. The first-order valence-electron chi connectivity index (χ1n) is 6.53. The summed E-state index contributed by atoms with van der Waals surface area (Å²) in [6.07, 6.45) is -6.35. The number of carbonyl (C=O) groups excluding carboxylic acids is 3. The van der Waals surface area contributed by atoms with E-state index < -0.39 is 48.9 Å². The van der Waals surface area contributed by atoms with E-state index in [1.165, 1.54) is 6.92 Å². The van der Waals surface area contributed by atoms with Crippen LogP contribution in [0.2, 0.25) is 0 Å². The van der Waals surface area contributed by atoms with Crippen molar-refractivity contribution in [2.24, 2.45) is 0 Å². The molecule has 8 nitrogen and oxygen atoms in total. The number of hydrogen-bond acceptors (Lipinski definition) is 8. The summed E-state index contributed by atoms with van der Waals surface area (Å²) in [5, 5.41) is 9.67. The van der Waals surface area contributed by atoms with Gasteiger partial charge in [-0.25, -0.2) is 0 Å². The Morgan fingerprint density at radius 3 is 2.30 bits per heavy atom. The second-order valence-corrected chi connectivity index (χ2v) is 4.21. The van der Waals surface area contributed by atoms with Gasteiger partial charge in [0, 0.05) is 28.5 Å². The predicted octanol–water partition coefficient (Wildman–Crippen LogP) is -0.480. The Morgan fingerprint density at radius 1 is 1.20 bits per heavy atom. The van der Waals surface area contributed by atoms with Crippen molar-refractivity contribution in [3.63, 3.8) is 0 Å². The Labute approximate surface area is 117 Å². The van der Waals surface area contributed by atoms with Crippen LogP contribution in [0, 0.1) is 0 Å². The Bertz CT molecular complexity index is 412. The molecule has 1 rings (SSSR count). The average Bonchev–Trinajstić information content (AvgIpc) is 2.35. The molecule has 1 aliphatic rings. The van der Waals surface area contributed by atoms with E-state index in [-0.39, 0.29) is 6.61 Å². The highest BCUT2D eigenvalue weighted by Crippen LogP contribution is 2.25. The van der Waals surface area contributed by atoms with Gasteiger partial charge in [-0.1, -0.05) is 0 Å². The van der Waals surface area contributed by atoms with Gasteiger partial charge >= 0.3 is 17.9 Å². The van der Waals surface area contributed by atoms with Crippen molar-refractivity contribution in [3.8, 4) is 0 Å². The molecule has 0 radical (unpaired) electrons. The first-order chi connectivity index (χ1) is 9.72. The quantitative estimate of drug-likeness (QED) is 0.546. The Balaban J connectivity index is 2.94.